The van der Waals surface area contributed by atoms with Gasteiger partial charge in [0.2, 0.25) is 5.75 Å². The molecule has 0 bridgehead atoms. The van der Waals surface area contributed by atoms with Crippen LogP contribution < -0.4 is 4.74 Å². The Kier molecular flexibility index (Phi) is 3.23. The quantitative estimate of drug-likeness (QED) is 0.617. The van der Waals surface area contributed by atoms with Crippen molar-refractivity contribution in [2.75, 3.05) is 7.11 Å². The van der Waals surface area contributed by atoms with Crippen molar-refractivity contribution in [1.82, 2.24) is 0 Å². The lowest BCUT2D eigenvalue weighted by Crippen LogP contribution is -1.97. The molecule has 18 heavy (non-hydrogen) atoms. The van der Waals surface area contributed by atoms with Gasteiger partial charge >= 0.3 is 5.69 Å². The molecule has 2 aromatic rings. The zero-order chi connectivity index (χ0) is 13.1. The summed E-state index contributed by atoms with van der Waals surface area (Å²) in [6.45, 7) is 0. The first kappa shape index (κ1) is 12.0. The fraction of sp³-hybridized carbons (Fsp3) is 0.0769. The van der Waals surface area contributed by atoms with Crippen LogP contribution in [-0.2, 0) is 0 Å². The first-order chi connectivity index (χ1) is 8.63. The Morgan fingerprint density at radius 3 is 2.44 bits per heavy atom. The van der Waals surface area contributed by atoms with Gasteiger partial charge in [-0.25, -0.2) is 4.39 Å². The predicted molar refractivity (Wildman–Crippen MR) is 65.0 cm³/mol. The Hall–Kier alpha value is -2.43. The van der Waals surface area contributed by atoms with Crippen molar-refractivity contribution in [2.45, 2.75) is 0 Å². The molecule has 0 N–H and O–H groups in total. The average molecular weight is 247 g/mol. The van der Waals surface area contributed by atoms with Crippen LogP contribution >= 0.6 is 0 Å². The van der Waals surface area contributed by atoms with Crippen LogP contribution in [0.1, 0.15) is 0 Å². The third-order valence-electron chi connectivity index (χ3n) is 2.52. The highest BCUT2D eigenvalue weighted by atomic mass is 19.1. The molecule has 0 radical (unpaired) electrons. The van der Waals surface area contributed by atoms with Crippen LogP contribution in [0, 0.1) is 15.9 Å². The van der Waals surface area contributed by atoms with E-state index in [1.54, 1.807) is 24.3 Å². The first-order valence-corrected chi connectivity index (χ1v) is 5.21. The summed E-state index contributed by atoms with van der Waals surface area (Å²) in [6, 6.07) is 10.9. The number of halogens is 1. The van der Waals surface area contributed by atoms with Crippen LogP contribution in [0.15, 0.2) is 42.5 Å². The van der Waals surface area contributed by atoms with Gasteiger partial charge in [0.25, 0.3) is 0 Å². The van der Waals surface area contributed by atoms with Gasteiger partial charge in [-0.1, -0.05) is 30.3 Å². The molecule has 0 heterocycles. The van der Waals surface area contributed by atoms with Crippen molar-refractivity contribution in [2.24, 2.45) is 0 Å². The zero-order valence-electron chi connectivity index (χ0n) is 9.59. The minimum Gasteiger partial charge on any atom is -0.490 e. The molecule has 4 nitrogen and oxygen atoms in total. The Bertz CT molecular complexity index is 584. The molecule has 0 unspecified atom stereocenters. The van der Waals surface area contributed by atoms with E-state index in [2.05, 4.69) is 0 Å². The SMILES string of the molecule is COc1c(-c2ccccc2)cc(F)cc1[N+](=O)[O-]. The number of hydrogen-bond donors (Lipinski definition) is 0. The fourth-order valence-electron chi connectivity index (χ4n) is 1.76. The Labute approximate surface area is 103 Å². The van der Waals surface area contributed by atoms with E-state index < -0.39 is 10.7 Å². The number of nitrogens with zero attached hydrogens (tertiary/aromatic N) is 1. The molecule has 0 amide bonds. The number of rotatable bonds is 3. The molecule has 0 saturated carbocycles. The highest BCUT2D eigenvalue weighted by Crippen LogP contribution is 2.38. The van der Waals surface area contributed by atoms with E-state index in [1.165, 1.54) is 13.2 Å². The summed E-state index contributed by atoms with van der Waals surface area (Å²) in [6.07, 6.45) is 0. The molecule has 2 rings (SSSR count). The van der Waals surface area contributed by atoms with Gasteiger partial charge in [0.1, 0.15) is 5.82 Å². The maximum Gasteiger partial charge on any atom is 0.314 e. The van der Waals surface area contributed by atoms with Crippen molar-refractivity contribution < 1.29 is 14.1 Å². The van der Waals surface area contributed by atoms with Gasteiger partial charge in [-0.2, -0.15) is 0 Å². The lowest BCUT2D eigenvalue weighted by Gasteiger charge is -2.09. The number of hydrogen-bond acceptors (Lipinski definition) is 3. The van der Waals surface area contributed by atoms with Crippen LogP contribution in [0.5, 0.6) is 5.75 Å². The fourth-order valence-corrected chi connectivity index (χ4v) is 1.76. The Balaban J connectivity index is 2.70. The zero-order valence-corrected chi connectivity index (χ0v) is 9.59. The number of nitro groups is 1. The van der Waals surface area contributed by atoms with Crippen LogP contribution in [0.25, 0.3) is 11.1 Å². The minimum absolute atomic E-state index is 0.0626. The standard InChI is InChI=1S/C13H10FNO3/c1-18-13-11(9-5-3-2-4-6-9)7-10(14)8-12(13)15(16)17/h2-8H,1H3. The highest BCUT2D eigenvalue weighted by molar-refractivity contribution is 5.75. The molecule has 0 aromatic heterocycles. The van der Waals surface area contributed by atoms with Gasteiger partial charge in [-0.3, -0.25) is 10.1 Å². The molecule has 0 aliphatic carbocycles. The normalized spacial score (nSPS) is 10.1. The molecule has 92 valence electrons. The van der Waals surface area contributed by atoms with Gasteiger partial charge < -0.3 is 4.74 Å². The van der Waals surface area contributed by atoms with E-state index in [9.17, 15) is 14.5 Å². The lowest BCUT2D eigenvalue weighted by atomic mass is 10.0. The number of benzene rings is 2. The van der Waals surface area contributed by atoms with Crippen LogP contribution in [0.3, 0.4) is 0 Å². The number of nitro benzene ring substituents is 1. The summed E-state index contributed by atoms with van der Waals surface area (Å²) in [5, 5.41) is 10.9. The monoisotopic (exact) mass is 247 g/mol. The molecule has 2 aromatic carbocycles. The van der Waals surface area contributed by atoms with Crippen molar-refractivity contribution in [3.8, 4) is 16.9 Å². The van der Waals surface area contributed by atoms with Crippen LogP contribution in [0.4, 0.5) is 10.1 Å². The summed E-state index contributed by atoms with van der Waals surface area (Å²) < 4.78 is 18.5. The summed E-state index contributed by atoms with van der Waals surface area (Å²) in [7, 11) is 1.33. The highest BCUT2D eigenvalue weighted by Gasteiger charge is 2.21. The summed E-state index contributed by atoms with van der Waals surface area (Å²) >= 11 is 0. The van der Waals surface area contributed by atoms with E-state index in [1.807, 2.05) is 6.07 Å². The second kappa shape index (κ2) is 4.83. The summed E-state index contributed by atoms with van der Waals surface area (Å²) in [5.74, 6) is -0.603. The molecular weight excluding hydrogens is 237 g/mol. The molecule has 0 aliphatic rings. The lowest BCUT2D eigenvalue weighted by molar-refractivity contribution is -0.385. The molecule has 5 heteroatoms. The molecule has 0 fully saturated rings. The van der Waals surface area contributed by atoms with Crippen LogP contribution in [-0.4, -0.2) is 12.0 Å². The molecular formula is C13H10FNO3. The molecule has 0 aliphatic heterocycles. The van der Waals surface area contributed by atoms with E-state index in [-0.39, 0.29) is 11.4 Å². The largest absolute Gasteiger partial charge is 0.490 e. The van der Waals surface area contributed by atoms with E-state index in [4.69, 9.17) is 4.74 Å². The predicted octanol–water partition coefficient (Wildman–Crippen LogP) is 3.41. The van der Waals surface area contributed by atoms with Crippen LogP contribution in [0.2, 0.25) is 0 Å². The maximum absolute atomic E-state index is 13.4. The van der Waals surface area contributed by atoms with Crippen molar-refractivity contribution in [3.63, 3.8) is 0 Å². The molecule has 0 atom stereocenters. The average Bonchev–Trinajstić information content (AvgIpc) is 2.38. The molecule has 0 spiro atoms. The Morgan fingerprint density at radius 2 is 1.89 bits per heavy atom. The van der Waals surface area contributed by atoms with Gasteiger partial charge in [0.15, 0.2) is 0 Å². The third kappa shape index (κ3) is 2.15. The number of methoxy groups -OCH3 is 1. The van der Waals surface area contributed by atoms with Crippen molar-refractivity contribution >= 4 is 5.69 Å². The summed E-state index contributed by atoms with van der Waals surface area (Å²) in [4.78, 5) is 10.2. The third-order valence-corrected chi connectivity index (χ3v) is 2.52. The van der Waals surface area contributed by atoms with E-state index >= 15 is 0 Å². The van der Waals surface area contributed by atoms with Gasteiger partial charge in [0.05, 0.1) is 18.1 Å². The second-order valence-electron chi connectivity index (χ2n) is 3.63. The van der Waals surface area contributed by atoms with E-state index in [0.29, 0.717) is 11.1 Å². The van der Waals surface area contributed by atoms with E-state index in [0.717, 1.165) is 6.07 Å². The topological polar surface area (TPSA) is 52.4 Å². The first-order valence-electron chi connectivity index (χ1n) is 5.21. The van der Waals surface area contributed by atoms with Crippen molar-refractivity contribution in [1.29, 1.82) is 0 Å². The van der Waals surface area contributed by atoms with Crippen molar-refractivity contribution in [3.05, 3.63) is 58.4 Å². The van der Waals surface area contributed by atoms with Gasteiger partial charge in [-0.05, 0) is 11.6 Å². The van der Waals surface area contributed by atoms with Gasteiger partial charge in [0, 0.05) is 5.56 Å². The Morgan fingerprint density at radius 1 is 1.22 bits per heavy atom. The summed E-state index contributed by atoms with van der Waals surface area (Å²) in [5.41, 5.74) is 0.651. The maximum atomic E-state index is 13.4. The van der Waals surface area contributed by atoms with Gasteiger partial charge in [-0.15, -0.1) is 0 Å². The molecule has 0 saturated heterocycles. The number of ether oxygens (including phenoxy) is 1. The second-order valence-corrected chi connectivity index (χ2v) is 3.63. The smallest absolute Gasteiger partial charge is 0.314 e. The minimum atomic E-state index is -0.665.